The second-order valence-corrected chi connectivity index (χ2v) is 6.26. The molecule has 3 nitrogen and oxygen atoms in total. The number of carbonyl (C=O) groups is 1. The van der Waals surface area contributed by atoms with Crippen molar-refractivity contribution in [2.45, 2.75) is 46.1 Å². The van der Waals surface area contributed by atoms with Crippen molar-refractivity contribution in [3.63, 3.8) is 0 Å². The molecule has 1 amide bonds. The number of ether oxygens (including phenoxy) is 1. The summed E-state index contributed by atoms with van der Waals surface area (Å²) in [5.41, 5.74) is 0.780. The Morgan fingerprint density at radius 2 is 1.95 bits per heavy atom. The molecule has 0 spiro atoms. The Bertz CT molecular complexity index is 430. The molecule has 2 rings (SSSR count). The quantitative estimate of drug-likeness (QED) is 0.868. The monoisotopic (exact) mass is 275 g/mol. The molecule has 3 atom stereocenters. The molecule has 1 fully saturated rings. The first-order valence-electron chi connectivity index (χ1n) is 7.59. The van der Waals surface area contributed by atoms with Crippen LogP contribution in [0.25, 0.3) is 0 Å². The molecule has 0 bridgehead atoms. The largest absolute Gasteiger partial charge is 0.446 e. The van der Waals surface area contributed by atoms with E-state index in [-0.39, 0.29) is 12.2 Å². The molecule has 110 valence electrons. The van der Waals surface area contributed by atoms with E-state index in [1.165, 1.54) is 6.42 Å². The smallest absolute Gasteiger partial charge is 0.411 e. The molecule has 3 heteroatoms. The molecular formula is C17H25NO2. The van der Waals surface area contributed by atoms with Gasteiger partial charge in [-0.25, -0.2) is 4.79 Å². The maximum absolute atomic E-state index is 12.0. The summed E-state index contributed by atoms with van der Waals surface area (Å²) in [6, 6.07) is 9.45. The van der Waals surface area contributed by atoms with E-state index >= 15 is 0 Å². The van der Waals surface area contributed by atoms with Gasteiger partial charge in [-0.1, -0.05) is 45.4 Å². The second-order valence-electron chi connectivity index (χ2n) is 6.26. The van der Waals surface area contributed by atoms with Crippen LogP contribution < -0.4 is 5.32 Å². The molecule has 1 aromatic carbocycles. The third-order valence-electron chi connectivity index (χ3n) is 4.24. The van der Waals surface area contributed by atoms with Crippen LogP contribution in [0.1, 0.15) is 40.0 Å². The van der Waals surface area contributed by atoms with Gasteiger partial charge in [-0.3, -0.25) is 5.32 Å². The number of hydrogen-bond acceptors (Lipinski definition) is 2. The Labute approximate surface area is 121 Å². The van der Waals surface area contributed by atoms with E-state index in [2.05, 4.69) is 26.1 Å². The Balaban J connectivity index is 1.94. The number of amides is 1. The maximum Gasteiger partial charge on any atom is 0.411 e. The van der Waals surface area contributed by atoms with Crippen molar-refractivity contribution in [1.29, 1.82) is 0 Å². The summed E-state index contributed by atoms with van der Waals surface area (Å²) < 4.78 is 5.69. The van der Waals surface area contributed by atoms with Gasteiger partial charge in [-0.15, -0.1) is 0 Å². The Morgan fingerprint density at radius 3 is 2.60 bits per heavy atom. The molecule has 0 aliphatic heterocycles. The first kappa shape index (κ1) is 14.9. The van der Waals surface area contributed by atoms with Crippen LogP contribution in [0.3, 0.4) is 0 Å². The lowest BCUT2D eigenvalue weighted by atomic mass is 9.75. The zero-order valence-electron chi connectivity index (χ0n) is 12.6. The molecule has 0 heterocycles. The molecule has 1 aliphatic rings. The van der Waals surface area contributed by atoms with E-state index < -0.39 is 0 Å². The molecule has 0 aromatic heterocycles. The van der Waals surface area contributed by atoms with Crippen molar-refractivity contribution in [2.75, 3.05) is 5.32 Å². The predicted molar refractivity (Wildman–Crippen MR) is 81.7 cm³/mol. The number of benzene rings is 1. The molecule has 1 aromatic rings. The first-order chi connectivity index (χ1) is 9.56. The summed E-state index contributed by atoms with van der Waals surface area (Å²) in [4.78, 5) is 12.0. The highest BCUT2D eigenvalue weighted by Gasteiger charge is 2.33. The SMILES string of the molecule is CC1CC[C@@H](C(C)C)[C@H](OC(=O)Nc2ccccc2)C1. The van der Waals surface area contributed by atoms with Crippen molar-refractivity contribution >= 4 is 11.8 Å². The Hall–Kier alpha value is -1.51. The van der Waals surface area contributed by atoms with E-state index in [0.717, 1.165) is 18.5 Å². The molecule has 0 saturated heterocycles. The number of nitrogens with one attached hydrogen (secondary N) is 1. The molecular weight excluding hydrogens is 250 g/mol. The standard InChI is InChI=1S/C17H25NO2/c1-12(2)15-10-9-13(3)11-16(15)20-17(19)18-14-7-5-4-6-8-14/h4-8,12-13,15-16H,9-11H2,1-3H3,(H,18,19)/t13?,15-,16+/m0/s1. The Morgan fingerprint density at radius 1 is 1.25 bits per heavy atom. The normalized spacial score (nSPS) is 26.3. The van der Waals surface area contributed by atoms with Gasteiger partial charge in [0.15, 0.2) is 0 Å². The minimum absolute atomic E-state index is 0.0439. The number of hydrogen-bond donors (Lipinski definition) is 1. The van der Waals surface area contributed by atoms with Crippen molar-refractivity contribution in [1.82, 2.24) is 0 Å². The zero-order valence-corrected chi connectivity index (χ0v) is 12.6. The topological polar surface area (TPSA) is 38.3 Å². The van der Waals surface area contributed by atoms with Crippen molar-refractivity contribution < 1.29 is 9.53 Å². The lowest BCUT2D eigenvalue weighted by Crippen LogP contribution is -2.36. The van der Waals surface area contributed by atoms with Crippen LogP contribution >= 0.6 is 0 Å². The van der Waals surface area contributed by atoms with Gasteiger partial charge in [0.2, 0.25) is 0 Å². The van der Waals surface area contributed by atoms with Gasteiger partial charge in [-0.05, 0) is 42.7 Å². The van der Waals surface area contributed by atoms with Gasteiger partial charge in [0.1, 0.15) is 6.10 Å². The lowest BCUT2D eigenvalue weighted by molar-refractivity contribution is 0.0126. The van der Waals surface area contributed by atoms with Gasteiger partial charge < -0.3 is 4.74 Å². The molecule has 1 aliphatic carbocycles. The first-order valence-corrected chi connectivity index (χ1v) is 7.59. The third kappa shape index (κ3) is 3.99. The highest BCUT2D eigenvalue weighted by molar-refractivity contribution is 5.84. The summed E-state index contributed by atoms with van der Waals surface area (Å²) in [6.45, 7) is 6.67. The van der Waals surface area contributed by atoms with Crippen LogP contribution in [0.4, 0.5) is 10.5 Å². The van der Waals surface area contributed by atoms with E-state index in [4.69, 9.17) is 4.74 Å². The van der Waals surface area contributed by atoms with E-state index in [1.807, 2.05) is 30.3 Å². The van der Waals surface area contributed by atoms with Crippen molar-refractivity contribution in [3.8, 4) is 0 Å². The second kappa shape index (κ2) is 6.78. The van der Waals surface area contributed by atoms with Crippen LogP contribution in [0.2, 0.25) is 0 Å². The summed E-state index contributed by atoms with van der Waals surface area (Å²) in [6.07, 6.45) is 3.08. The Kier molecular flexibility index (Phi) is 5.05. The molecule has 1 unspecified atom stereocenters. The van der Waals surface area contributed by atoms with Gasteiger partial charge in [0, 0.05) is 5.69 Å². The predicted octanol–water partition coefficient (Wildman–Crippen LogP) is 4.70. The fraction of sp³-hybridized carbons (Fsp3) is 0.588. The van der Waals surface area contributed by atoms with Crippen LogP contribution in [0.5, 0.6) is 0 Å². The lowest BCUT2D eigenvalue weighted by Gasteiger charge is -2.36. The van der Waals surface area contributed by atoms with E-state index in [9.17, 15) is 4.79 Å². The van der Waals surface area contributed by atoms with Crippen LogP contribution in [-0.2, 0) is 4.74 Å². The molecule has 1 N–H and O–H groups in total. The maximum atomic E-state index is 12.0. The fourth-order valence-electron chi connectivity index (χ4n) is 3.06. The summed E-state index contributed by atoms with van der Waals surface area (Å²) in [5.74, 6) is 1.67. The molecule has 1 saturated carbocycles. The number of carbonyl (C=O) groups excluding carboxylic acids is 1. The summed E-state index contributed by atoms with van der Waals surface area (Å²) >= 11 is 0. The average molecular weight is 275 g/mol. The van der Waals surface area contributed by atoms with Crippen LogP contribution in [0.15, 0.2) is 30.3 Å². The zero-order chi connectivity index (χ0) is 14.5. The van der Waals surface area contributed by atoms with Crippen molar-refractivity contribution in [3.05, 3.63) is 30.3 Å². The molecule has 20 heavy (non-hydrogen) atoms. The van der Waals surface area contributed by atoms with Gasteiger partial charge in [-0.2, -0.15) is 0 Å². The van der Waals surface area contributed by atoms with Gasteiger partial charge >= 0.3 is 6.09 Å². The minimum atomic E-state index is -0.332. The van der Waals surface area contributed by atoms with Crippen LogP contribution in [-0.4, -0.2) is 12.2 Å². The van der Waals surface area contributed by atoms with E-state index in [0.29, 0.717) is 17.8 Å². The average Bonchev–Trinajstić information content (AvgIpc) is 2.39. The van der Waals surface area contributed by atoms with E-state index in [1.54, 1.807) is 0 Å². The number of para-hydroxylation sites is 1. The van der Waals surface area contributed by atoms with Gasteiger partial charge in [0.05, 0.1) is 0 Å². The highest BCUT2D eigenvalue weighted by atomic mass is 16.6. The summed E-state index contributed by atoms with van der Waals surface area (Å²) in [7, 11) is 0. The van der Waals surface area contributed by atoms with Gasteiger partial charge in [0.25, 0.3) is 0 Å². The third-order valence-corrected chi connectivity index (χ3v) is 4.24. The minimum Gasteiger partial charge on any atom is -0.446 e. The highest BCUT2D eigenvalue weighted by Crippen LogP contribution is 2.35. The number of anilines is 1. The number of rotatable bonds is 3. The van der Waals surface area contributed by atoms with Crippen molar-refractivity contribution in [2.24, 2.45) is 17.8 Å². The molecule has 0 radical (unpaired) electrons. The van der Waals surface area contributed by atoms with Crippen LogP contribution in [0, 0.1) is 17.8 Å². The summed E-state index contributed by atoms with van der Waals surface area (Å²) in [5, 5.41) is 2.80. The fourth-order valence-corrected chi connectivity index (χ4v) is 3.06.